The third kappa shape index (κ3) is 3.53. The lowest BCUT2D eigenvalue weighted by Gasteiger charge is -2.22. The summed E-state index contributed by atoms with van der Waals surface area (Å²) in [5, 5.41) is 4.41. The highest BCUT2D eigenvalue weighted by molar-refractivity contribution is 6.32. The SMILES string of the molecule is Bc1ccc2c(c1)CCC(=O)N(c1cc(NCCN)c3ccccc3n1)C2. The number of carbonyl (C=O) groups excluding carboxylic acids is 1. The van der Waals surface area contributed by atoms with Crippen LogP contribution in [0.4, 0.5) is 11.5 Å². The number of hydrogen-bond donors (Lipinski definition) is 2. The summed E-state index contributed by atoms with van der Waals surface area (Å²) in [5.74, 6) is 0.794. The number of amides is 1. The molecule has 0 bridgehead atoms. The van der Waals surface area contributed by atoms with Crippen molar-refractivity contribution in [2.24, 2.45) is 5.73 Å². The number of carbonyl (C=O) groups is 1. The molecule has 1 aromatic heterocycles. The van der Waals surface area contributed by atoms with E-state index in [0.29, 0.717) is 31.9 Å². The standard InChI is InChI=1S/C21H23BN4O/c22-16-7-5-15-13-26(21(27)8-6-14(15)11-16)20-12-19(24-10-9-23)17-3-1-2-4-18(17)25-20/h1-5,7,11-12H,6,8-10,13,22-23H2,(H,24,25). The van der Waals surface area contributed by atoms with E-state index in [9.17, 15) is 4.79 Å². The van der Waals surface area contributed by atoms with Crippen LogP contribution in [-0.4, -0.2) is 31.8 Å². The first-order chi connectivity index (χ1) is 13.2. The first-order valence-corrected chi connectivity index (χ1v) is 9.38. The minimum absolute atomic E-state index is 0.108. The largest absolute Gasteiger partial charge is 0.383 e. The maximum absolute atomic E-state index is 12.9. The van der Waals surface area contributed by atoms with E-state index in [0.717, 1.165) is 23.0 Å². The lowest BCUT2D eigenvalue weighted by molar-refractivity contribution is -0.118. The molecule has 0 saturated carbocycles. The second kappa shape index (κ2) is 7.41. The van der Waals surface area contributed by atoms with Crippen molar-refractivity contribution in [2.75, 3.05) is 23.3 Å². The summed E-state index contributed by atoms with van der Waals surface area (Å²) in [4.78, 5) is 19.5. The average molecular weight is 358 g/mol. The van der Waals surface area contributed by atoms with Crippen LogP contribution in [0.15, 0.2) is 48.5 Å². The van der Waals surface area contributed by atoms with Crippen molar-refractivity contribution in [1.82, 2.24) is 4.98 Å². The van der Waals surface area contributed by atoms with Gasteiger partial charge in [-0.3, -0.25) is 9.69 Å². The summed E-state index contributed by atoms with van der Waals surface area (Å²) < 4.78 is 0. The Morgan fingerprint density at radius 2 is 1.96 bits per heavy atom. The van der Waals surface area contributed by atoms with E-state index in [1.54, 1.807) is 4.90 Å². The molecular formula is C21H23BN4O. The highest BCUT2D eigenvalue weighted by Gasteiger charge is 2.23. The molecule has 3 N–H and O–H groups in total. The highest BCUT2D eigenvalue weighted by atomic mass is 16.2. The van der Waals surface area contributed by atoms with E-state index in [2.05, 4.69) is 31.4 Å². The molecule has 0 fully saturated rings. The fourth-order valence-electron chi connectivity index (χ4n) is 3.64. The van der Waals surface area contributed by atoms with Gasteiger partial charge in [0.15, 0.2) is 0 Å². The van der Waals surface area contributed by atoms with E-state index in [4.69, 9.17) is 10.7 Å². The highest BCUT2D eigenvalue weighted by Crippen LogP contribution is 2.30. The Hall–Kier alpha value is -2.86. The number of nitrogens with zero attached hydrogens (tertiary/aromatic N) is 2. The number of hydrogen-bond acceptors (Lipinski definition) is 4. The molecule has 0 saturated heterocycles. The molecule has 2 heterocycles. The Morgan fingerprint density at radius 3 is 2.81 bits per heavy atom. The van der Waals surface area contributed by atoms with Crippen LogP contribution >= 0.6 is 0 Å². The van der Waals surface area contributed by atoms with Gasteiger partial charge in [-0.25, -0.2) is 4.98 Å². The van der Waals surface area contributed by atoms with Gasteiger partial charge in [0, 0.05) is 36.7 Å². The smallest absolute Gasteiger partial charge is 0.228 e. The molecule has 0 radical (unpaired) electrons. The first kappa shape index (κ1) is 17.6. The van der Waals surface area contributed by atoms with Crippen LogP contribution < -0.4 is 21.4 Å². The van der Waals surface area contributed by atoms with Crippen LogP contribution in [-0.2, 0) is 17.8 Å². The van der Waals surface area contributed by atoms with E-state index in [1.165, 1.54) is 16.6 Å². The van der Waals surface area contributed by atoms with Crippen LogP contribution in [0.2, 0.25) is 0 Å². The lowest BCUT2D eigenvalue weighted by atomic mass is 9.91. The van der Waals surface area contributed by atoms with Crippen LogP contribution in [0.25, 0.3) is 10.9 Å². The van der Waals surface area contributed by atoms with Gasteiger partial charge in [-0.15, -0.1) is 0 Å². The number of aromatic nitrogens is 1. The van der Waals surface area contributed by atoms with Gasteiger partial charge in [0.1, 0.15) is 13.7 Å². The molecule has 5 nitrogen and oxygen atoms in total. The zero-order valence-corrected chi connectivity index (χ0v) is 15.5. The second-order valence-electron chi connectivity index (χ2n) is 7.01. The first-order valence-electron chi connectivity index (χ1n) is 9.38. The molecule has 6 heteroatoms. The summed E-state index contributed by atoms with van der Waals surface area (Å²) >= 11 is 0. The molecule has 0 unspecified atom stereocenters. The van der Waals surface area contributed by atoms with Gasteiger partial charge in [0.25, 0.3) is 0 Å². The molecule has 136 valence electrons. The third-order valence-electron chi connectivity index (χ3n) is 5.04. The second-order valence-corrected chi connectivity index (χ2v) is 7.01. The number of fused-ring (bicyclic) bond motifs is 2. The van der Waals surface area contributed by atoms with Crippen LogP contribution in [0.5, 0.6) is 0 Å². The number of aryl methyl sites for hydroxylation is 1. The number of benzene rings is 2. The minimum atomic E-state index is 0.108. The van der Waals surface area contributed by atoms with Crippen molar-refractivity contribution in [3.63, 3.8) is 0 Å². The summed E-state index contributed by atoms with van der Waals surface area (Å²) in [6, 6.07) is 16.4. The normalized spacial score (nSPS) is 14.1. The molecule has 1 aliphatic rings. The molecule has 4 rings (SSSR count). The molecule has 0 spiro atoms. The molecule has 1 amide bonds. The van der Waals surface area contributed by atoms with Gasteiger partial charge in [-0.05, 0) is 23.6 Å². The van der Waals surface area contributed by atoms with Gasteiger partial charge >= 0.3 is 0 Å². The number of nitrogens with two attached hydrogens (primary N) is 1. The van der Waals surface area contributed by atoms with Gasteiger partial charge < -0.3 is 11.1 Å². The lowest BCUT2D eigenvalue weighted by Crippen LogP contribution is -2.30. The fourth-order valence-corrected chi connectivity index (χ4v) is 3.64. The Balaban J connectivity index is 1.78. The van der Waals surface area contributed by atoms with E-state index >= 15 is 0 Å². The third-order valence-corrected chi connectivity index (χ3v) is 5.04. The Kier molecular flexibility index (Phi) is 4.82. The van der Waals surface area contributed by atoms with E-state index < -0.39 is 0 Å². The predicted molar refractivity (Wildman–Crippen MR) is 113 cm³/mol. The van der Waals surface area contributed by atoms with E-state index in [1.807, 2.05) is 30.3 Å². The van der Waals surface area contributed by atoms with Crippen molar-refractivity contribution in [2.45, 2.75) is 19.4 Å². The number of pyridine rings is 1. The van der Waals surface area contributed by atoms with Crippen LogP contribution in [0.3, 0.4) is 0 Å². The fraction of sp³-hybridized carbons (Fsp3) is 0.238. The number of rotatable bonds is 4. The van der Waals surface area contributed by atoms with Gasteiger partial charge in [0.05, 0.1) is 12.1 Å². The molecule has 2 aromatic carbocycles. The quantitative estimate of drug-likeness (QED) is 0.691. The molecule has 3 aromatic rings. The maximum atomic E-state index is 12.9. The zero-order chi connectivity index (χ0) is 18.8. The summed E-state index contributed by atoms with van der Waals surface area (Å²) in [6.45, 7) is 1.76. The topological polar surface area (TPSA) is 71.2 Å². The molecule has 0 atom stereocenters. The Morgan fingerprint density at radius 1 is 1.11 bits per heavy atom. The molecule has 27 heavy (non-hydrogen) atoms. The Labute approximate surface area is 160 Å². The van der Waals surface area contributed by atoms with Gasteiger partial charge in [-0.2, -0.15) is 0 Å². The maximum Gasteiger partial charge on any atom is 0.228 e. The van der Waals surface area contributed by atoms with Gasteiger partial charge in [-0.1, -0.05) is 41.9 Å². The summed E-state index contributed by atoms with van der Waals surface area (Å²) in [6.07, 6.45) is 1.27. The predicted octanol–water partition coefficient (Wildman–Crippen LogP) is 1.34. The average Bonchev–Trinajstić information content (AvgIpc) is 2.85. The van der Waals surface area contributed by atoms with Crippen molar-refractivity contribution < 1.29 is 4.79 Å². The zero-order valence-electron chi connectivity index (χ0n) is 15.5. The van der Waals surface area contributed by atoms with Crippen molar-refractivity contribution in [3.05, 3.63) is 59.7 Å². The minimum Gasteiger partial charge on any atom is -0.383 e. The number of para-hydroxylation sites is 1. The number of anilines is 2. The van der Waals surface area contributed by atoms with Gasteiger partial charge in [0.2, 0.25) is 5.91 Å². The molecule has 1 aliphatic heterocycles. The monoisotopic (exact) mass is 358 g/mol. The molecule has 0 aliphatic carbocycles. The van der Waals surface area contributed by atoms with Crippen molar-refractivity contribution in [3.8, 4) is 0 Å². The van der Waals surface area contributed by atoms with Crippen molar-refractivity contribution >= 4 is 41.6 Å². The summed E-state index contributed by atoms with van der Waals surface area (Å²) in [5.41, 5.74) is 11.2. The number of nitrogens with one attached hydrogen (secondary N) is 1. The summed E-state index contributed by atoms with van der Waals surface area (Å²) in [7, 11) is 2.09. The molecular weight excluding hydrogens is 335 g/mol. The van der Waals surface area contributed by atoms with Crippen LogP contribution in [0.1, 0.15) is 17.5 Å². The van der Waals surface area contributed by atoms with Crippen LogP contribution in [0, 0.1) is 0 Å². The van der Waals surface area contributed by atoms with Crippen molar-refractivity contribution in [1.29, 1.82) is 0 Å². The Bertz CT molecular complexity index is 1000. The van der Waals surface area contributed by atoms with E-state index in [-0.39, 0.29) is 5.91 Å².